The van der Waals surface area contributed by atoms with Gasteiger partial charge in [0, 0.05) is 19.3 Å². The van der Waals surface area contributed by atoms with Crippen LogP contribution >= 0.6 is 0 Å². The first-order chi connectivity index (χ1) is 9.60. The third-order valence-electron chi connectivity index (χ3n) is 3.51. The lowest BCUT2D eigenvalue weighted by Crippen LogP contribution is -2.21. The molecule has 4 heteroatoms. The van der Waals surface area contributed by atoms with Gasteiger partial charge >= 0.3 is 0 Å². The van der Waals surface area contributed by atoms with Gasteiger partial charge in [0.2, 0.25) is 0 Å². The van der Waals surface area contributed by atoms with Crippen molar-refractivity contribution in [2.45, 2.75) is 32.7 Å². The molecule has 1 N–H and O–H groups in total. The third-order valence-corrected chi connectivity index (χ3v) is 3.51. The Morgan fingerprint density at radius 3 is 2.80 bits per heavy atom. The zero-order valence-corrected chi connectivity index (χ0v) is 12.4. The van der Waals surface area contributed by atoms with Gasteiger partial charge < -0.3 is 5.32 Å². The summed E-state index contributed by atoms with van der Waals surface area (Å²) in [4.78, 5) is 0. The van der Waals surface area contributed by atoms with Crippen LogP contribution in [0.1, 0.15) is 36.1 Å². The Bertz CT molecular complexity index is 563. The van der Waals surface area contributed by atoms with Crippen molar-refractivity contribution in [3.05, 3.63) is 53.1 Å². The van der Waals surface area contributed by atoms with Gasteiger partial charge in [-0.2, -0.15) is 5.10 Å². The molecule has 0 spiro atoms. The van der Waals surface area contributed by atoms with Crippen LogP contribution in [0.25, 0.3) is 0 Å². The number of rotatable bonds is 6. The quantitative estimate of drug-likeness (QED) is 0.877. The summed E-state index contributed by atoms with van der Waals surface area (Å²) in [5.41, 5.74) is 3.08. The van der Waals surface area contributed by atoms with E-state index in [1.54, 1.807) is 6.07 Å². The lowest BCUT2D eigenvalue weighted by atomic mass is 9.98. The smallest absolute Gasteiger partial charge is 0.126 e. The van der Waals surface area contributed by atoms with E-state index in [2.05, 4.69) is 17.3 Å². The first kappa shape index (κ1) is 14.7. The van der Waals surface area contributed by atoms with Crippen molar-refractivity contribution in [1.82, 2.24) is 15.1 Å². The predicted molar refractivity (Wildman–Crippen MR) is 79.1 cm³/mol. The molecule has 2 aromatic rings. The molecule has 0 aliphatic rings. The van der Waals surface area contributed by atoms with Gasteiger partial charge in [-0.25, -0.2) is 4.39 Å². The molecule has 108 valence electrons. The van der Waals surface area contributed by atoms with E-state index in [-0.39, 0.29) is 11.9 Å². The van der Waals surface area contributed by atoms with Crippen LogP contribution in [0.2, 0.25) is 0 Å². The molecule has 0 saturated carbocycles. The maximum atomic E-state index is 13.4. The van der Waals surface area contributed by atoms with Crippen LogP contribution in [-0.4, -0.2) is 16.3 Å². The second-order valence-corrected chi connectivity index (χ2v) is 5.18. The number of hydrogen-bond donors (Lipinski definition) is 1. The van der Waals surface area contributed by atoms with Gasteiger partial charge in [-0.05, 0) is 49.1 Å². The molecule has 3 nitrogen and oxygen atoms in total. The summed E-state index contributed by atoms with van der Waals surface area (Å²) in [7, 11) is 1.93. The van der Waals surface area contributed by atoms with Gasteiger partial charge in [0.15, 0.2) is 0 Å². The maximum Gasteiger partial charge on any atom is 0.126 e. The highest BCUT2D eigenvalue weighted by molar-refractivity contribution is 5.26. The zero-order chi connectivity index (χ0) is 14.5. The average molecular weight is 275 g/mol. The number of nitrogens with zero attached hydrogens (tertiary/aromatic N) is 2. The van der Waals surface area contributed by atoms with E-state index in [4.69, 9.17) is 0 Å². The molecular weight excluding hydrogens is 253 g/mol. The lowest BCUT2D eigenvalue weighted by molar-refractivity contribution is 0.513. The molecule has 1 aromatic heterocycles. The van der Waals surface area contributed by atoms with Gasteiger partial charge in [-0.15, -0.1) is 0 Å². The fourth-order valence-electron chi connectivity index (χ4n) is 2.43. The monoisotopic (exact) mass is 275 g/mol. The molecule has 1 heterocycles. The van der Waals surface area contributed by atoms with E-state index >= 15 is 0 Å². The highest BCUT2D eigenvalue weighted by Gasteiger charge is 2.12. The standard InChI is InChI=1S/C16H22FN3/c1-4-18-16(8-5-13-10-19-20(3)11-13)14-6-7-15(17)12(2)9-14/h6-7,9-11,16,18H,4-5,8H2,1-3H3. The highest BCUT2D eigenvalue weighted by Crippen LogP contribution is 2.21. The maximum absolute atomic E-state index is 13.4. The summed E-state index contributed by atoms with van der Waals surface area (Å²) in [6.45, 7) is 4.80. The number of benzene rings is 1. The molecule has 0 aliphatic heterocycles. The Hall–Kier alpha value is -1.68. The second-order valence-electron chi connectivity index (χ2n) is 5.18. The van der Waals surface area contributed by atoms with Gasteiger partial charge in [-0.3, -0.25) is 4.68 Å². The van der Waals surface area contributed by atoms with Crippen molar-refractivity contribution in [1.29, 1.82) is 0 Å². The van der Waals surface area contributed by atoms with Gasteiger partial charge in [-0.1, -0.05) is 19.1 Å². The van der Waals surface area contributed by atoms with Crippen molar-refractivity contribution in [3.63, 3.8) is 0 Å². The second kappa shape index (κ2) is 6.66. The largest absolute Gasteiger partial charge is 0.310 e. The summed E-state index contributed by atoms with van der Waals surface area (Å²) in [5, 5.41) is 7.66. The molecule has 20 heavy (non-hydrogen) atoms. The Morgan fingerprint density at radius 2 is 2.20 bits per heavy atom. The van der Waals surface area contributed by atoms with Crippen LogP contribution < -0.4 is 5.32 Å². The minimum Gasteiger partial charge on any atom is -0.310 e. The number of aromatic nitrogens is 2. The SMILES string of the molecule is CCNC(CCc1cnn(C)c1)c1ccc(F)c(C)c1. The average Bonchev–Trinajstić information content (AvgIpc) is 2.84. The summed E-state index contributed by atoms with van der Waals surface area (Å²) in [5.74, 6) is -0.142. The first-order valence-electron chi connectivity index (χ1n) is 7.07. The molecule has 0 fully saturated rings. The van der Waals surface area contributed by atoms with Crippen molar-refractivity contribution < 1.29 is 4.39 Å². The van der Waals surface area contributed by atoms with Gasteiger partial charge in [0.25, 0.3) is 0 Å². The minimum atomic E-state index is -0.142. The Balaban J connectivity index is 2.07. The first-order valence-corrected chi connectivity index (χ1v) is 7.07. The Kier molecular flexibility index (Phi) is 4.90. The molecule has 0 amide bonds. The summed E-state index contributed by atoms with van der Waals surface area (Å²) < 4.78 is 15.2. The molecule has 0 radical (unpaired) electrons. The lowest BCUT2D eigenvalue weighted by Gasteiger charge is -2.18. The highest BCUT2D eigenvalue weighted by atomic mass is 19.1. The molecule has 0 aliphatic carbocycles. The Morgan fingerprint density at radius 1 is 1.40 bits per heavy atom. The van der Waals surface area contributed by atoms with Gasteiger partial charge in [0.05, 0.1) is 6.20 Å². The van der Waals surface area contributed by atoms with Crippen LogP contribution in [0.5, 0.6) is 0 Å². The van der Waals surface area contributed by atoms with E-state index in [9.17, 15) is 4.39 Å². The summed E-state index contributed by atoms with van der Waals surface area (Å²) in [6.07, 6.45) is 5.88. The van der Waals surface area contributed by atoms with Crippen molar-refractivity contribution in [2.24, 2.45) is 7.05 Å². The molecule has 1 atom stereocenters. The minimum absolute atomic E-state index is 0.142. The zero-order valence-electron chi connectivity index (χ0n) is 12.4. The number of halogens is 1. The van der Waals surface area contributed by atoms with Crippen LogP contribution in [0.4, 0.5) is 4.39 Å². The molecule has 0 saturated heterocycles. The van der Waals surface area contributed by atoms with E-state index < -0.39 is 0 Å². The van der Waals surface area contributed by atoms with Crippen LogP contribution in [0.15, 0.2) is 30.6 Å². The van der Waals surface area contributed by atoms with E-state index in [1.165, 1.54) is 5.56 Å². The normalized spacial score (nSPS) is 12.6. The fourth-order valence-corrected chi connectivity index (χ4v) is 2.43. The summed E-state index contributed by atoms with van der Waals surface area (Å²) >= 11 is 0. The number of aryl methyl sites for hydroxylation is 3. The molecule has 2 rings (SSSR count). The van der Waals surface area contributed by atoms with Crippen molar-refractivity contribution in [2.75, 3.05) is 6.54 Å². The molecule has 1 unspecified atom stereocenters. The van der Waals surface area contributed by atoms with Gasteiger partial charge in [0.1, 0.15) is 5.82 Å². The van der Waals surface area contributed by atoms with Crippen LogP contribution in [0, 0.1) is 12.7 Å². The fraction of sp³-hybridized carbons (Fsp3) is 0.438. The van der Waals surface area contributed by atoms with Crippen molar-refractivity contribution in [3.8, 4) is 0 Å². The Labute approximate surface area is 119 Å². The van der Waals surface area contributed by atoms with Crippen LogP contribution in [0.3, 0.4) is 0 Å². The predicted octanol–water partition coefficient (Wildman–Crippen LogP) is 3.15. The van der Waals surface area contributed by atoms with Crippen molar-refractivity contribution >= 4 is 0 Å². The molecule has 1 aromatic carbocycles. The molecular formula is C16H22FN3. The topological polar surface area (TPSA) is 29.9 Å². The van der Waals surface area contributed by atoms with Crippen LogP contribution in [-0.2, 0) is 13.5 Å². The number of nitrogens with one attached hydrogen (secondary N) is 1. The summed E-state index contributed by atoms with van der Waals surface area (Å²) in [6, 6.07) is 5.61. The van der Waals surface area contributed by atoms with E-state index in [1.807, 2.05) is 43.2 Å². The van der Waals surface area contributed by atoms with E-state index in [0.717, 1.165) is 24.9 Å². The third kappa shape index (κ3) is 3.67. The molecule has 0 bridgehead atoms. The number of hydrogen-bond acceptors (Lipinski definition) is 2. The van der Waals surface area contributed by atoms with E-state index in [0.29, 0.717) is 5.56 Å².